The summed E-state index contributed by atoms with van der Waals surface area (Å²) in [5, 5.41) is 2.28. The lowest BCUT2D eigenvalue weighted by molar-refractivity contribution is 0.437. The molecule has 6 aromatic rings. The van der Waals surface area contributed by atoms with Crippen LogP contribution in [0.5, 0.6) is 0 Å². The second-order valence-electron chi connectivity index (χ2n) is 14.4. The summed E-state index contributed by atoms with van der Waals surface area (Å²) in [6.07, 6.45) is 23.7. The Balaban J connectivity index is 1.25. The zero-order valence-electron chi connectivity index (χ0n) is 28.9. The molecule has 1 saturated carbocycles. The number of benzene rings is 4. The van der Waals surface area contributed by atoms with E-state index in [9.17, 15) is 0 Å². The molecule has 9 rings (SSSR count). The number of pyridine rings is 1. The Bertz CT molecular complexity index is 2370. The van der Waals surface area contributed by atoms with Crippen molar-refractivity contribution in [3.05, 3.63) is 163 Å². The first-order chi connectivity index (χ1) is 25.1. The maximum absolute atomic E-state index is 5.32. The van der Waals surface area contributed by atoms with E-state index in [-0.39, 0.29) is 11.3 Å². The largest absolute Gasteiger partial charge is 0.261 e. The lowest BCUT2D eigenvalue weighted by Crippen LogP contribution is -2.27. The number of hydrogen-bond donors (Lipinski definition) is 0. The van der Waals surface area contributed by atoms with Gasteiger partial charge in [-0.2, -0.15) is 0 Å². The first kappa shape index (κ1) is 31.3. The average molecular weight is 661 g/mol. The predicted octanol–water partition coefficient (Wildman–Crippen LogP) is 11.8. The number of hydrogen-bond acceptors (Lipinski definition) is 4. The molecule has 3 aliphatic carbocycles. The van der Waals surface area contributed by atoms with E-state index < -0.39 is 0 Å². The summed E-state index contributed by atoms with van der Waals surface area (Å²) in [5.41, 5.74) is 8.68. The Hall–Kier alpha value is -5.74. The Morgan fingerprint density at radius 3 is 2.20 bits per heavy atom. The van der Waals surface area contributed by atoms with E-state index >= 15 is 0 Å². The smallest absolute Gasteiger partial charge is 0.164 e. The van der Waals surface area contributed by atoms with Crippen molar-refractivity contribution in [1.82, 2.24) is 19.9 Å². The Morgan fingerprint density at radius 2 is 1.31 bits per heavy atom. The van der Waals surface area contributed by atoms with Crippen LogP contribution in [0.1, 0.15) is 56.5 Å². The highest BCUT2D eigenvalue weighted by molar-refractivity contribution is 5.95. The van der Waals surface area contributed by atoms with Gasteiger partial charge >= 0.3 is 0 Å². The van der Waals surface area contributed by atoms with Crippen molar-refractivity contribution in [3.8, 4) is 45.0 Å². The molecule has 0 aliphatic heterocycles. The lowest BCUT2D eigenvalue weighted by atomic mass is 9.68. The number of aromatic nitrogens is 4. The molecule has 0 N–H and O–H groups in total. The van der Waals surface area contributed by atoms with Crippen LogP contribution in [0.15, 0.2) is 152 Å². The van der Waals surface area contributed by atoms with Crippen LogP contribution >= 0.6 is 0 Å². The van der Waals surface area contributed by atoms with E-state index in [1.165, 1.54) is 43.4 Å². The van der Waals surface area contributed by atoms with Crippen LogP contribution in [0, 0.1) is 11.3 Å². The summed E-state index contributed by atoms with van der Waals surface area (Å²) in [5.74, 6) is 2.69. The summed E-state index contributed by atoms with van der Waals surface area (Å²) in [7, 11) is 0. The molecule has 0 spiro atoms. The van der Waals surface area contributed by atoms with Gasteiger partial charge in [-0.15, -0.1) is 0 Å². The molecule has 0 saturated heterocycles. The fourth-order valence-corrected chi connectivity index (χ4v) is 8.17. The highest BCUT2D eigenvalue weighted by Gasteiger charge is 2.35. The van der Waals surface area contributed by atoms with Crippen LogP contribution < -0.4 is 0 Å². The quantitative estimate of drug-likeness (QED) is 0.178. The average Bonchev–Trinajstić information content (AvgIpc) is 3.20. The molecular formula is C47H40N4. The molecule has 2 atom stereocenters. The lowest BCUT2D eigenvalue weighted by Gasteiger charge is -2.36. The number of fused-ring (bicyclic) bond motifs is 2. The Morgan fingerprint density at radius 1 is 0.588 bits per heavy atom. The van der Waals surface area contributed by atoms with E-state index in [4.69, 9.17) is 19.9 Å². The molecular weight excluding hydrogens is 621 g/mol. The Kier molecular flexibility index (Phi) is 8.08. The number of rotatable bonds is 6. The van der Waals surface area contributed by atoms with Gasteiger partial charge in [-0.25, -0.2) is 15.0 Å². The van der Waals surface area contributed by atoms with Gasteiger partial charge in [-0.05, 0) is 76.2 Å². The SMILES string of the molecule is C[C@]12C=CC=CC1C(c1nc(-c3cc(-c4ccccc4)cc(-c4ccnc(C5CCCCC5)c4)c3)nc(-c3cccc4ccccc34)n1)=CC=C2. The number of nitrogens with zero attached hydrogens (tertiary/aromatic N) is 4. The zero-order chi connectivity index (χ0) is 34.2. The molecule has 0 amide bonds. The first-order valence-electron chi connectivity index (χ1n) is 18.3. The van der Waals surface area contributed by atoms with Gasteiger partial charge in [-0.3, -0.25) is 4.98 Å². The van der Waals surface area contributed by atoms with E-state index in [0.717, 1.165) is 44.2 Å². The third-order valence-electron chi connectivity index (χ3n) is 11.0. The first-order valence-corrected chi connectivity index (χ1v) is 18.3. The van der Waals surface area contributed by atoms with Crippen LogP contribution in [0.25, 0.3) is 61.4 Å². The van der Waals surface area contributed by atoms with Gasteiger partial charge < -0.3 is 0 Å². The molecule has 0 bridgehead atoms. The van der Waals surface area contributed by atoms with E-state index in [2.05, 4.69) is 153 Å². The van der Waals surface area contributed by atoms with E-state index in [1.54, 1.807) is 0 Å². The van der Waals surface area contributed by atoms with Crippen molar-refractivity contribution >= 4 is 16.3 Å². The minimum atomic E-state index is -0.150. The molecule has 51 heavy (non-hydrogen) atoms. The van der Waals surface area contributed by atoms with Crippen molar-refractivity contribution in [1.29, 1.82) is 0 Å². The van der Waals surface area contributed by atoms with E-state index in [1.807, 2.05) is 6.20 Å². The third-order valence-corrected chi connectivity index (χ3v) is 11.0. The Labute approximate surface area is 300 Å². The maximum atomic E-state index is 5.32. The van der Waals surface area contributed by atoms with Crippen molar-refractivity contribution in [2.24, 2.45) is 11.3 Å². The van der Waals surface area contributed by atoms with Gasteiger partial charge in [0.05, 0.1) is 0 Å². The van der Waals surface area contributed by atoms with Crippen molar-refractivity contribution in [2.75, 3.05) is 0 Å². The van der Waals surface area contributed by atoms with Gasteiger partial charge in [0.2, 0.25) is 0 Å². The summed E-state index contributed by atoms with van der Waals surface area (Å²) in [6.45, 7) is 2.28. The van der Waals surface area contributed by atoms with Crippen LogP contribution in [-0.2, 0) is 0 Å². The second-order valence-corrected chi connectivity index (χ2v) is 14.4. The van der Waals surface area contributed by atoms with Crippen molar-refractivity contribution in [3.63, 3.8) is 0 Å². The maximum Gasteiger partial charge on any atom is 0.164 e. The van der Waals surface area contributed by atoms with Crippen LogP contribution in [0.3, 0.4) is 0 Å². The van der Waals surface area contributed by atoms with Crippen LogP contribution in [0.2, 0.25) is 0 Å². The number of allylic oxidation sites excluding steroid dienone is 8. The van der Waals surface area contributed by atoms with Gasteiger partial charge in [0.15, 0.2) is 17.5 Å². The molecule has 4 nitrogen and oxygen atoms in total. The van der Waals surface area contributed by atoms with Gasteiger partial charge in [-0.1, -0.05) is 142 Å². The third kappa shape index (κ3) is 6.05. The summed E-state index contributed by atoms with van der Waals surface area (Å²) in [4.78, 5) is 20.7. The van der Waals surface area contributed by atoms with Crippen molar-refractivity contribution < 1.29 is 0 Å². The standard InChI is InChI=1S/C47H40N4/c1-47-25-11-10-23-42(47)41(22-13-26-47)46-50-44(49-45(51-46)40-21-12-19-33-16-8-9-20-39(33)40)38-29-36(32-14-4-2-5-15-32)28-37(30-38)35-24-27-48-43(31-35)34-17-6-3-7-18-34/h2,4-5,8-16,19-31,34,42H,3,6-7,17-18H2,1H3/t42?,47-/m1/s1. The second kappa shape index (κ2) is 13.2. The fraction of sp³-hybridized carbons (Fsp3) is 0.191. The van der Waals surface area contributed by atoms with Gasteiger partial charge in [0.25, 0.3) is 0 Å². The molecule has 1 unspecified atom stereocenters. The summed E-state index contributed by atoms with van der Waals surface area (Å²) in [6, 6.07) is 36.7. The molecule has 4 heteroatoms. The van der Waals surface area contributed by atoms with E-state index in [0.29, 0.717) is 23.4 Å². The minimum absolute atomic E-state index is 0.115. The van der Waals surface area contributed by atoms with Crippen LogP contribution in [0.4, 0.5) is 0 Å². The minimum Gasteiger partial charge on any atom is -0.261 e. The molecule has 3 aliphatic rings. The van der Waals surface area contributed by atoms with Gasteiger partial charge in [0.1, 0.15) is 0 Å². The summed E-state index contributed by atoms with van der Waals surface area (Å²) >= 11 is 0. The molecule has 248 valence electrons. The highest BCUT2D eigenvalue weighted by Crippen LogP contribution is 2.45. The highest BCUT2D eigenvalue weighted by atomic mass is 15.0. The normalized spacial score (nSPS) is 19.9. The molecule has 0 radical (unpaired) electrons. The zero-order valence-corrected chi connectivity index (χ0v) is 28.9. The molecule has 2 heterocycles. The van der Waals surface area contributed by atoms with Crippen LogP contribution in [-0.4, -0.2) is 19.9 Å². The fourth-order valence-electron chi connectivity index (χ4n) is 8.17. The molecule has 2 aromatic heterocycles. The van der Waals surface area contributed by atoms with Gasteiger partial charge in [0, 0.05) is 45.8 Å². The molecule has 4 aromatic carbocycles. The monoisotopic (exact) mass is 660 g/mol. The topological polar surface area (TPSA) is 51.6 Å². The molecule has 1 fully saturated rings. The summed E-state index contributed by atoms with van der Waals surface area (Å²) < 4.78 is 0. The predicted molar refractivity (Wildman–Crippen MR) is 210 cm³/mol. The van der Waals surface area contributed by atoms with Crippen molar-refractivity contribution in [2.45, 2.75) is 44.9 Å².